The third kappa shape index (κ3) is 3.21. The van der Waals surface area contributed by atoms with E-state index in [0.29, 0.717) is 6.42 Å². The standard InChI is InChI=1S/C19H31N3O5S/c1-5-11(2)15(17(24)20-12-8-6-7-9-12)21-18(25)16-19(3,4)28(26,27)14-10-13(23)22(14)16/h11-12,14-16H,5-10H2,1-4H3,(H,20,24)(H,21,25)/t11-,14-,15-,16-/m0/s1. The minimum absolute atomic E-state index is 0.0769. The van der Waals surface area contributed by atoms with Gasteiger partial charge < -0.3 is 15.5 Å². The minimum Gasteiger partial charge on any atom is -0.352 e. The van der Waals surface area contributed by atoms with Crippen molar-refractivity contribution in [1.29, 1.82) is 0 Å². The lowest BCUT2D eigenvalue weighted by Gasteiger charge is -2.37. The molecule has 3 amide bonds. The fraction of sp³-hybridized carbons (Fsp3) is 0.842. The number of sulfone groups is 1. The van der Waals surface area contributed by atoms with Crippen molar-refractivity contribution in [3.8, 4) is 0 Å². The average Bonchev–Trinajstić information content (AvgIpc) is 3.16. The van der Waals surface area contributed by atoms with Crippen LogP contribution in [0.1, 0.15) is 66.2 Å². The summed E-state index contributed by atoms with van der Waals surface area (Å²) in [5.41, 5.74) is 0. The average molecular weight is 414 g/mol. The SMILES string of the molecule is CC[C@H](C)[C@H](NC(=O)[C@@H]1N2C(=O)C[C@@H]2S(=O)(=O)C1(C)C)C(=O)NC1CCCC1. The first-order valence-corrected chi connectivity index (χ1v) is 11.7. The Balaban J connectivity index is 1.79. The Bertz CT molecular complexity index is 772. The van der Waals surface area contributed by atoms with E-state index in [1.807, 2.05) is 13.8 Å². The Labute approximate surface area is 166 Å². The maximum Gasteiger partial charge on any atom is 0.245 e. The number of hydrogen-bond acceptors (Lipinski definition) is 5. The second-order valence-electron chi connectivity index (χ2n) is 8.87. The summed E-state index contributed by atoms with van der Waals surface area (Å²) in [6.45, 7) is 6.78. The molecular formula is C19H31N3O5S. The molecule has 2 saturated heterocycles. The first-order chi connectivity index (χ1) is 13.0. The molecule has 2 N–H and O–H groups in total. The molecule has 2 aliphatic heterocycles. The number of carbonyl (C=O) groups excluding carboxylic acids is 3. The van der Waals surface area contributed by atoms with Crippen LogP contribution in [0, 0.1) is 5.92 Å². The number of nitrogens with one attached hydrogen (secondary N) is 2. The molecule has 4 atom stereocenters. The molecule has 0 unspecified atom stereocenters. The number of fused-ring (bicyclic) bond motifs is 1. The molecule has 9 heteroatoms. The van der Waals surface area contributed by atoms with E-state index < -0.39 is 37.9 Å². The molecule has 0 radical (unpaired) electrons. The lowest BCUT2D eigenvalue weighted by Crippen LogP contribution is -2.62. The molecule has 28 heavy (non-hydrogen) atoms. The van der Waals surface area contributed by atoms with Crippen LogP contribution in [0.5, 0.6) is 0 Å². The normalized spacial score (nSPS) is 30.3. The lowest BCUT2D eigenvalue weighted by atomic mass is 9.94. The largest absolute Gasteiger partial charge is 0.352 e. The van der Waals surface area contributed by atoms with Crippen LogP contribution in [0.2, 0.25) is 0 Å². The van der Waals surface area contributed by atoms with Crippen molar-refractivity contribution in [2.24, 2.45) is 5.92 Å². The van der Waals surface area contributed by atoms with Gasteiger partial charge in [-0.25, -0.2) is 8.42 Å². The summed E-state index contributed by atoms with van der Waals surface area (Å²) in [7, 11) is -3.65. The third-order valence-electron chi connectivity index (χ3n) is 6.72. The maximum absolute atomic E-state index is 13.1. The van der Waals surface area contributed by atoms with Gasteiger partial charge in [0.2, 0.25) is 17.7 Å². The summed E-state index contributed by atoms with van der Waals surface area (Å²) in [4.78, 5) is 39.2. The zero-order valence-electron chi connectivity index (χ0n) is 17.0. The van der Waals surface area contributed by atoms with Crippen LogP contribution in [0.3, 0.4) is 0 Å². The second kappa shape index (κ2) is 7.31. The summed E-state index contributed by atoms with van der Waals surface area (Å²) in [6.07, 6.45) is 4.64. The van der Waals surface area contributed by atoms with Gasteiger partial charge >= 0.3 is 0 Å². The van der Waals surface area contributed by atoms with E-state index in [2.05, 4.69) is 10.6 Å². The molecule has 0 spiro atoms. The number of hydrogen-bond donors (Lipinski definition) is 2. The number of nitrogens with zero attached hydrogens (tertiary/aromatic N) is 1. The molecule has 1 aliphatic carbocycles. The molecule has 0 bridgehead atoms. The third-order valence-corrected chi connectivity index (χ3v) is 9.52. The molecule has 3 rings (SSSR count). The molecule has 0 aromatic carbocycles. The Hall–Kier alpha value is -1.64. The van der Waals surface area contributed by atoms with Gasteiger partial charge in [-0.2, -0.15) is 0 Å². The van der Waals surface area contributed by atoms with Crippen molar-refractivity contribution in [3.05, 3.63) is 0 Å². The molecule has 1 saturated carbocycles. The summed E-state index contributed by atoms with van der Waals surface area (Å²) in [5.74, 6) is -1.26. The Kier molecular flexibility index (Phi) is 5.51. The fourth-order valence-electron chi connectivity index (χ4n) is 4.55. The lowest BCUT2D eigenvalue weighted by molar-refractivity contribution is -0.150. The van der Waals surface area contributed by atoms with Gasteiger partial charge in [-0.3, -0.25) is 14.4 Å². The topological polar surface area (TPSA) is 113 Å². The number of amides is 3. The van der Waals surface area contributed by atoms with Crippen molar-refractivity contribution in [1.82, 2.24) is 15.5 Å². The summed E-state index contributed by atoms with van der Waals surface area (Å²) < 4.78 is 24.1. The Morgan fingerprint density at radius 3 is 2.39 bits per heavy atom. The molecule has 0 aromatic heterocycles. The van der Waals surface area contributed by atoms with E-state index in [1.165, 1.54) is 18.7 Å². The number of β-lactam (4-membered cyclic amide) rings is 1. The van der Waals surface area contributed by atoms with Gasteiger partial charge in [-0.1, -0.05) is 33.1 Å². The van der Waals surface area contributed by atoms with Crippen LogP contribution in [0.4, 0.5) is 0 Å². The quantitative estimate of drug-likeness (QED) is 0.623. The van der Waals surface area contributed by atoms with Gasteiger partial charge in [0.05, 0.1) is 11.2 Å². The molecule has 158 valence electrons. The van der Waals surface area contributed by atoms with E-state index in [4.69, 9.17) is 0 Å². The highest BCUT2D eigenvalue weighted by Crippen LogP contribution is 2.45. The van der Waals surface area contributed by atoms with Crippen LogP contribution < -0.4 is 10.6 Å². The van der Waals surface area contributed by atoms with Crippen LogP contribution >= 0.6 is 0 Å². The van der Waals surface area contributed by atoms with E-state index >= 15 is 0 Å². The molecule has 0 aromatic rings. The highest BCUT2D eigenvalue weighted by Gasteiger charge is 2.67. The summed E-state index contributed by atoms with van der Waals surface area (Å²) in [6, 6.07) is -1.75. The summed E-state index contributed by atoms with van der Waals surface area (Å²) >= 11 is 0. The Morgan fingerprint density at radius 2 is 1.86 bits per heavy atom. The van der Waals surface area contributed by atoms with E-state index in [-0.39, 0.29) is 30.2 Å². The van der Waals surface area contributed by atoms with E-state index in [0.717, 1.165) is 25.7 Å². The predicted molar refractivity (Wildman–Crippen MR) is 104 cm³/mol. The van der Waals surface area contributed by atoms with Crippen LogP contribution in [0.15, 0.2) is 0 Å². The van der Waals surface area contributed by atoms with E-state index in [1.54, 1.807) is 0 Å². The maximum atomic E-state index is 13.1. The zero-order chi connectivity index (χ0) is 20.9. The fourth-order valence-corrected chi connectivity index (χ4v) is 6.68. The molecule has 3 aliphatic rings. The zero-order valence-corrected chi connectivity index (χ0v) is 17.8. The van der Waals surface area contributed by atoms with Crippen LogP contribution in [-0.4, -0.2) is 59.3 Å². The molecule has 3 fully saturated rings. The van der Waals surface area contributed by atoms with Gasteiger partial charge in [0.25, 0.3) is 0 Å². The monoisotopic (exact) mass is 413 g/mol. The van der Waals surface area contributed by atoms with Crippen molar-refractivity contribution in [2.45, 2.75) is 94.5 Å². The number of carbonyl (C=O) groups is 3. The van der Waals surface area contributed by atoms with Crippen molar-refractivity contribution in [2.75, 3.05) is 0 Å². The van der Waals surface area contributed by atoms with Crippen molar-refractivity contribution < 1.29 is 22.8 Å². The predicted octanol–water partition coefficient (Wildman–Crippen LogP) is 0.710. The summed E-state index contributed by atoms with van der Waals surface area (Å²) in [5, 5.41) is 4.86. The van der Waals surface area contributed by atoms with Gasteiger partial charge in [0, 0.05) is 6.04 Å². The Morgan fingerprint density at radius 1 is 1.25 bits per heavy atom. The van der Waals surface area contributed by atoms with Crippen LogP contribution in [-0.2, 0) is 24.2 Å². The minimum atomic E-state index is -3.65. The molecule has 8 nitrogen and oxygen atoms in total. The van der Waals surface area contributed by atoms with Crippen molar-refractivity contribution >= 4 is 27.6 Å². The first kappa shape index (κ1) is 21.1. The van der Waals surface area contributed by atoms with Crippen LogP contribution in [0.25, 0.3) is 0 Å². The molecular weight excluding hydrogens is 382 g/mol. The first-order valence-electron chi connectivity index (χ1n) is 10.2. The van der Waals surface area contributed by atoms with Gasteiger partial charge in [0.1, 0.15) is 17.5 Å². The molecule has 2 heterocycles. The second-order valence-corrected chi connectivity index (χ2v) is 11.6. The highest BCUT2D eigenvalue weighted by molar-refractivity contribution is 7.93. The smallest absolute Gasteiger partial charge is 0.245 e. The van der Waals surface area contributed by atoms with Crippen molar-refractivity contribution in [3.63, 3.8) is 0 Å². The van der Waals surface area contributed by atoms with E-state index in [9.17, 15) is 22.8 Å². The van der Waals surface area contributed by atoms with Gasteiger partial charge in [-0.05, 0) is 32.6 Å². The highest BCUT2D eigenvalue weighted by atomic mass is 32.2. The van der Waals surface area contributed by atoms with Gasteiger partial charge in [-0.15, -0.1) is 0 Å². The number of rotatable bonds is 6. The van der Waals surface area contributed by atoms with Gasteiger partial charge in [0.15, 0.2) is 9.84 Å².